The van der Waals surface area contributed by atoms with Gasteiger partial charge in [0.2, 0.25) is 0 Å². The molecule has 11 aromatic rings. The summed E-state index contributed by atoms with van der Waals surface area (Å²) < 4.78 is 9.24. The Kier molecular flexibility index (Phi) is 10.9. The summed E-state index contributed by atoms with van der Waals surface area (Å²) in [4.78, 5) is 10.0. The van der Waals surface area contributed by atoms with Crippen LogP contribution in [0.25, 0.3) is 38.8 Å². The largest absolute Gasteiger partial charge is 0.457 e. The van der Waals surface area contributed by atoms with Crippen molar-refractivity contribution < 1.29 is 4.74 Å². The molecule has 0 fully saturated rings. The van der Waals surface area contributed by atoms with E-state index < -0.39 is 5.41 Å². The van der Waals surface area contributed by atoms with Crippen LogP contribution in [0.1, 0.15) is 124 Å². The van der Waals surface area contributed by atoms with Crippen LogP contribution in [0.2, 0.25) is 0 Å². The molecule has 4 aliphatic rings. The summed E-state index contributed by atoms with van der Waals surface area (Å²) in [5.74, 6) is 2.57. The normalized spacial score (nSPS) is 16.5. The molecule has 0 spiro atoms. The van der Waals surface area contributed by atoms with E-state index >= 15 is 0 Å². The molecule has 79 heavy (non-hydrogen) atoms. The molecule has 2 aromatic heterocycles. The summed E-state index contributed by atoms with van der Waals surface area (Å²) >= 11 is 0. The molecular formula is C74H66N4O. The van der Waals surface area contributed by atoms with Crippen LogP contribution in [0, 0.1) is 0 Å². The lowest BCUT2D eigenvalue weighted by atomic mass is 9.50. The molecule has 9 aromatic carbocycles. The van der Waals surface area contributed by atoms with Crippen molar-refractivity contribution in [3.63, 3.8) is 0 Å². The molecule has 5 heteroatoms. The highest BCUT2D eigenvalue weighted by atomic mass is 16.5. The van der Waals surface area contributed by atoms with E-state index in [1.54, 1.807) is 0 Å². The van der Waals surface area contributed by atoms with Crippen molar-refractivity contribution in [3.05, 3.63) is 274 Å². The average Bonchev–Trinajstić information content (AvgIpc) is 2.30. The Balaban J connectivity index is 0.941. The fraction of sp³-hybridized carbons (Fsp3) is 0.203. The van der Waals surface area contributed by atoms with E-state index in [-0.39, 0.29) is 22.2 Å². The highest BCUT2D eigenvalue weighted by Gasteiger charge is 2.54. The molecular weight excluding hydrogens is 961 g/mol. The van der Waals surface area contributed by atoms with Crippen LogP contribution < -0.4 is 14.5 Å². The van der Waals surface area contributed by atoms with Crippen molar-refractivity contribution >= 4 is 44.6 Å². The minimum atomic E-state index is -0.618. The molecule has 2 bridgehead atoms. The summed E-state index contributed by atoms with van der Waals surface area (Å²) in [5, 5.41) is 2.34. The lowest BCUT2D eigenvalue weighted by Crippen LogP contribution is -2.44. The third kappa shape index (κ3) is 7.60. The van der Waals surface area contributed by atoms with E-state index in [2.05, 4.69) is 289 Å². The number of anilines is 4. The maximum atomic E-state index is 6.96. The molecule has 15 rings (SSSR count). The zero-order chi connectivity index (χ0) is 54.2. The van der Waals surface area contributed by atoms with Crippen LogP contribution in [0.3, 0.4) is 0 Å². The molecule has 0 amide bonds. The van der Waals surface area contributed by atoms with Crippen molar-refractivity contribution in [3.8, 4) is 28.4 Å². The van der Waals surface area contributed by atoms with Crippen molar-refractivity contribution in [1.29, 1.82) is 0 Å². The Labute approximate surface area is 465 Å². The molecule has 5 nitrogen and oxygen atoms in total. The monoisotopic (exact) mass is 1030 g/mol. The van der Waals surface area contributed by atoms with Crippen LogP contribution in [0.4, 0.5) is 22.7 Å². The van der Waals surface area contributed by atoms with Gasteiger partial charge < -0.3 is 14.5 Å². The smallest absolute Gasteiger partial charge is 0.137 e. The Hall–Kier alpha value is -8.67. The predicted molar refractivity (Wildman–Crippen MR) is 328 cm³/mol. The number of para-hydroxylation sites is 4. The maximum Gasteiger partial charge on any atom is 0.137 e. The first-order valence-corrected chi connectivity index (χ1v) is 28.1. The van der Waals surface area contributed by atoms with Crippen LogP contribution >= 0.6 is 0 Å². The first-order chi connectivity index (χ1) is 38.1. The van der Waals surface area contributed by atoms with E-state index in [4.69, 9.17) is 9.72 Å². The Morgan fingerprint density at radius 1 is 0.443 bits per heavy atom. The molecule has 0 N–H and O–H groups in total. The second-order valence-electron chi connectivity index (χ2n) is 25.2. The zero-order valence-corrected chi connectivity index (χ0v) is 46.8. The van der Waals surface area contributed by atoms with Gasteiger partial charge in [-0.1, -0.05) is 208 Å². The van der Waals surface area contributed by atoms with Gasteiger partial charge in [-0.2, -0.15) is 0 Å². The van der Waals surface area contributed by atoms with Gasteiger partial charge in [-0.05, 0) is 132 Å². The predicted octanol–water partition coefficient (Wildman–Crippen LogP) is 19.0. The van der Waals surface area contributed by atoms with Gasteiger partial charge in [0, 0.05) is 46.3 Å². The van der Waals surface area contributed by atoms with Gasteiger partial charge in [0.15, 0.2) is 0 Å². The van der Waals surface area contributed by atoms with Crippen LogP contribution in [0.5, 0.6) is 11.5 Å². The summed E-state index contributed by atoms with van der Waals surface area (Å²) in [6.07, 6.45) is 1.93. The van der Waals surface area contributed by atoms with Gasteiger partial charge >= 0.3 is 0 Å². The minimum absolute atomic E-state index is 0.0259. The van der Waals surface area contributed by atoms with Crippen molar-refractivity contribution in [2.24, 2.45) is 0 Å². The summed E-state index contributed by atoms with van der Waals surface area (Å²) in [5.41, 5.74) is 21.8. The third-order valence-corrected chi connectivity index (χ3v) is 17.3. The molecule has 0 atom stereocenters. The second-order valence-corrected chi connectivity index (χ2v) is 25.2. The minimum Gasteiger partial charge on any atom is -0.457 e. The van der Waals surface area contributed by atoms with Gasteiger partial charge in [-0.15, -0.1) is 0 Å². The van der Waals surface area contributed by atoms with Gasteiger partial charge in [0.05, 0.1) is 33.5 Å². The lowest BCUT2D eigenvalue weighted by Gasteiger charge is -2.52. The topological polar surface area (TPSA) is 33.5 Å². The summed E-state index contributed by atoms with van der Waals surface area (Å²) in [6, 6.07) is 79.4. The Morgan fingerprint density at radius 3 is 1.63 bits per heavy atom. The fourth-order valence-corrected chi connectivity index (χ4v) is 13.4. The number of benzene rings is 9. The summed E-state index contributed by atoms with van der Waals surface area (Å²) in [6.45, 7) is 21.4. The standard InChI is InChI=1S/C74H66N4O/c1-71(2,3)48-38-39-75-68(43-48)78-64-33-17-13-24-55(64)56-37-36-53(45-67(56)78)79-52-23-20-22-51(44-52)76-46-77(66-35-19-18-34-65(66)76)70-54(47-40-49(72(4,5)6)42-50(41-47)73(7,8)9)28-21-32-63(70)74-60-29-14-10-25-57(60)69(58-26-11-15-30-61(58)74)59-27-12-16-31-62(59)74/h10-45,69H,46H2,1-9H3. The molecule has 1 aliphatic heterocycles. The number of fused-ring (bicyclic) bond motifs is 4. The first-order valence-electron chi connectivity index (χ1n) is 28.1. The van der Waals surface area contributed by atoms with Gasteiger partial charge in [0.25, 0.3) is 0 Å². The van der Waals surface area contributed by atoms with Crippen LogP contribution in [0.15, 0.2) is 219 Å². The van der Waals surface area contributed by atoms with E-state index in [1.165, 1.54) is 77.8 Å². The second kappa shape index (κ2) is 17.7. The fourth-order valence-electron chi connectivity index (χ4n) is 13.4. The van der Waals surface area contributed by atoms with E-state index in [9.17, 15) is 0 Å². The highest BCUT2D eigenvalue weighted by molar-refractivity contribution is 6.09. The number of nitrogens with zero attached hydrogens (tertiary/aromatic N) is 4. The first kappa shape index (κ1) is 48.7. The van der Waals surface area contributed by atoms with E-state index in [0.29, 0.717) is 6.67 Å². The van der Waals surface area contributed by atoms with Gasteiger partial charge in [0.1, 0.15) is 24.0 Å². The Morgan fingerprint density at radius 2 is 0.987 bits per heavy atom. The summed E-state index contributed by atoms with van der Waals surface area (Å²) in [7, 11) is 0. The highest BCUT2D eigenvalue weighted by Crippen LogP contribution is 2.64. The number of ether oxygens (including phenoxy) is 1. The van der Waals surface area contributed by atoms with E-state index in [0.717, 1.165) is 50.8 Å². The third-order valence-electron chi connectivity index (χ3n) is 17.3. The molecule has 0 radical (unpaired) electrons. The van der Waals surface area contributed by atoms with Crippen LogP contribution in [-0.4, -0.2) is 16.2 Å². The number of aromatic nitrogens is 2. The van der Waals surface area contributed by atoms with Gasteiger partial charge in [-0.25, -0.2) is 4.98 Å². The van der Waals surface area contributed by atoms with Crippen LogP contribution in [-0.2, 0) is 21.7 Å². The molecule has 0 unspecified atom stereocenters. The SMILES string of the molecule is CC(C)(C)c1cc(-c2cccc(C34c5ccccc5C(c5ccccc53)c3ccccc34)c2N2CN(c3cccc(Oc4ccc5c6ccccc6n(-c6cc(C(C)(C)C)ccn6)c5c4)c3)c3ccccc32)cc(C(C)(C)C)c1. The lowest BCUT2D eigenvalue weighted by molar-refractivity contribution is 0.483. The van der Waals surface area contributed by atoms with Crippen molar-refractivity contribution in [1.82, 2.24) is 9.55 Å². The molecule has 388 valence electrons. The van der Waals surface area contributed by atoms with Crippen molar-refractivity contribution in [2.45, 2.75) is 89.9 Å². The Bertz CT molecular complexity index is 4100. The van der Waals surface area contributed by atoms with Crippen molar-refractivity contribution in [2.75, 3.05) is 16.5 Å². The molecule has 3 aliphatic carbocycles. The number of pyridine rings is 1. The quantitative estimate of drug-likeness (QED) is 0.159. The van der Waals surface area contributed by atoms with E-state index in [1.807, 2.05) is 6.20 Å². The molecule has 3 heterocycles. The number of rotatable bonds is 7. The number of hydrogen-bond donors (Lipinski definition) is 0. The number of hydrogen-bond acceptors (Lipinski definition) is 4. The van der Waals surface area contributed by atoms with Gasteiger partial charge in [-0.3, -0.25) is 4.57 Å². The maximum absolute atomic E-state index is 6.96. The zero-order valence-electron chi connectivity index (χ0n) is 46.8. The molecule has 0 saturated carbocycles. The molecule has 0 saturated heterocycles. The average molecular weight is 1030 g/mol.